The molecule has 1 aromatic heterocycles. The van der Waals surface area contributed by atoms with Crippen LogP contribution in [0.15, 0.2) is 35.7 Å². The second kappa shape index (κ2) is 5.23. The Labute approximate surface area is 105 Å². The van der Waals surface area contributed by atoms with E-state index in [1.807, 2.05) is 12.1 Å². The quantitative estimate of drug-likeness (QED) is 0.855. The van der Waals surface area contributed by atoms with E-state index in [9.17, 15) is 10.2 Å². The van der Waals surface area contributed by atoms with Gasteiger partial charge in [0.2, 0.25) is 0 Å². The Balaban J connectivity index is 2.39. The van der Waals surface area contributed by atoms with E-state index in [2.05, 4.69) is 18.4 Å². The van der Waals surface area contributed by atoms with Crippen LogP contribution < -0.4 is 0 Å². The van der Waals surface area contributed by atoms with Gasteiger partial charge >= 0.3 is 0 Å². The van der Waals surface area contributed by atoms with Crippen LogP contribution in [0.1, 0.15) is 36.1 Å². The molecule has 0 aliphatic rings. The van der Waals surface area contributed by atoms with Gasteiger partial charge in [0, 0.05) is 22.4 Å². The summed E-state index contributed by atoms with van der Waals surface area (Å²) in [6, 6.07) is 8.97. The fraction of sp³-hybridized carbons (Fsp3) is 0.286. The maximum atomic E-state index is 9.93. The Bertz CT molecular complexity index is 477. The minimum absolute atomic E-state index is 0.104. The van der Waals surface area contributed by atoms with E-state index in [1.165, 1.54) is 10.9 Å². The average Bonchev–Trinajstić information content (AvgIpc) is 2.80. The molecule has 2 aromatic rings. The largest absolute Gasteiger partial charge is 0.508 e. The highest BCUT2D eigenvalue weighted by molar-refractivity contribution is 7.10. The molecule has 3 heteroatoms. The summed E-state index contributed by atoms with van der Waals surface area (Å²) in [5, 5.41) is 21.3. The van der Waals surface area contributed by atoms with Crippen molar-refractivity contribution in [2.45, 2.75) is 25.7 Å². The van der Waals surface area contributed by atoms with Gasteiger partial charge in [0.25, 0.3) is 0 Å². The number of hydrogen-bond donors (Lipinski definition) is 2. The Hall–Kier alpha value is -1.48. The third-order valence-corrected chi connectivity index (χ3v) is 3.84. The molecule has 90 valence electrons. The molecule has 0 saturated carbocycles. The van der Waals surface area contributed by atoms with Crippen LogP contribution >= 0.6 is 11.3 Å². The lowest BCUT2D eigenvalue weighted by molar-refractivity contribution is 0.442. The highest BCUT2D eigenvalue weighted by Crippen LogP contribution is 2.38. The zero-order chi connectivity index (χ0) is 12.3. The number of hydrogen-bond acceptors (Lipinski definition) is 3. The molecule has 0 spiro atoms. The summed E-state index contributed by atoms with van der Waals surface area (Å²) in [7, 11) is 0. The predicted molar refractivity (Wildman–Crippen MR) is 70.8 cm³/mol. The van der Waals surface area contributed by atoms with Crippen molar-refractivity contribution in [2.24, 2.45) is 0 Å². The third-order valence-electron chi connectivity index (χ3n) is 2.85. The lowest BCUT2D eigenvalue weighted by Crippen LogP contribution is -1.99. The molecule has 1 aromatic carbocycles. The first-order valence-corrected chi connectivity index (χ1v) is 6.65. The molecule has 2 nitrogen and oxygen atoms in total. The fourth-order valence-corrected chi connectivity index (χ4v) is 2.94. The molecule has 2 rings (SSSR count). The highest BCUT2D eigenvalue weighted by Gasteiger charge is 2.17. The Morgan fingerprint density at radius 1 is 1.24 bits per heavy atom. The van der Waals surface area contributed by atoms with Crippen molar-refractivity contribution < 1.29 is 10.2 Å². The zero-order valence-corrected chi connectivity index (χ0v) is 10.6. The minimum atomic E-state index is 0.104. The van der Waals surface area contributed by atoms with Crippen molar-refractivity contribution in [3.8, 4) is 11.5 Å². The molecule has 1 unspecified atom stereocenters. The van der Waals surface area contributed by atoms with Crippen molar-refractivity contribution in [2.75, 3.05) is 0 Å². The van der Waals surface area contributed by atoms with E-state index in [1.54, 1.807) is 17.4 Å². The first-order chi connectivity index (χ1) is 8.22. The molecule has 0 radical (unpaired) electrons. The molecule has 2 N–H and O–H groups in total. The van der Waals surface area contributed by atoms with Gasteiger partial charge in [0.15, 0.2) is 0 Å². The standard InChI is InChI=1S/C14H16O2S/c1-2-4-12(14-5-3-8-17-14)11-7-6-10(15)9-13(11)16/h3,5-9,12,15-16H,2,4H2,1H3. The molecular formula is C14H16O2S. The van der Waals surface area contributed by atoms with Gasteiger partial charge in [-0.2, -0.15) is 0 Å². The molecule has 0 fully saturated rings. The predicted octanol–water partition coefficient (Wildman–Crippen LogP) is 4.09. The summed E-state index contributed by atoms with van der Waals surface area (Å²) in [4.78, 5) is 1.26. The van der Waals surface area contributed by atoms with Crippen molar-refractivity contribution in [3.05, 3.63) is 46.2 Å². The van der Waals surface area contributed by atoms with E-state index in [4.69, 9.17) is 0 Å². The Kier molecular flexibility index (Phi) is 3.69. The van der Waals surface area contributed by atoms with E-state index in [0.29, 0.717) is 0 Å². The number of benzene rings is 1. The van der Waals surface area contributed by atoms with Gasteiger partial charge < -0.3 is 10.2 Å². The van der Waals surface area contributed by atoms with Gasteiger partial charge in [-0.1, -0.05) is 25.5 Å². The van der Waals surface area contributed by atoms with Crippen LogP contribution in [0, 0.1) is 0 Å². The molecule has 0 aliphatic carbocycles. The SMILES string of the molecule is CCCC(c1cccs1)c1ccc(O)cc1O. The molecular weight excluding hydrogens is 232 g/mol. The summed E-state index contributed by atoms with van der Waals surface area (Å²) in [6.07, 6.45) is 2.06. The highest BCUT2D eigenvalue weighted by atomic mass is 32.1. The van der Waals surface area contributed by atoms with Crippen LogP contribution in [-0.4, -0.2) is 10.2 Å². The van der Waals surface area contributed by atoms with Gasteiger partial charge in [-0.25, -0.2) is 0 Å². The van der Waals surface area contributed by atoms with Crippen LogP contribution in [-0.2, 0) is 0 Å². The molecule has 1 heterocycles. The summed E-state index contributed by atoms with van der Waals surface area (Å²) >= 11 is 1.71. The number of phenolic OH excluding ortho intramolecular Hbond substituents is 2. The third kappa shape index (κ3) is 2.61. The fourth-order valence-electron chi connectivity index (χ4n) is 2.06. The average molecular weight is 248 g/mol. The van der Waals surface area contributed by atoms with Crippen LogP contribution in [0.3, 0.4) is 0 Å². The van der Waals surface area contributed by atoms with Crippen LogP contribution in [0.25, 0.3) is 0 Å². The van der Waals surface area contributed by atoms with Crippen molar-refractivity contribution >= 4 is 11.3 Å². The monoisotopic (exact) mass is 248 g/mol. The van der Waals surface area contributed by atoms with Gasteiger partial charge in [-0.3, -0.25) is 0 Å². The van der Waals surface area contributed by atoms with Gasteiger partial charge in [-0.15, -0.1) is 11.3 Å². The maximum absolute atomic E-state index is 9.93. The number of phenols is 2. The van der Waals surface area contributed by atoms with Crippen molar-refractivity contribution in [3.63, 3.8) is 0 Å². The summed E-state index contributed by atoms with van der Waals surface area (Å²) in [5.74, 6) is 0.505. The van der Waals surface area contributed by atoms with E-state index >= 15 is 0 Å². The molecule has 17 heavy (non-hydrogen) atoms. The normalized spacial score (nSPS) is 12.5. The maximum Gasteiger partial charge on any atom is 0.123 e. The van der Waals surface area contributed by atoms with Gasteiger partial charge in [-0.05, 0) is 23.9 Å². The minimum Gasteiger partial charge on any atom is -0.508 e. The van der Waals surface area contributed by atoms with Crippen molar-refractivity contribution in [1.29, 1.82) is 0 Å². The van der Waals surface area contributed by atoms with E-state index < -0.39 is 0 Å². The van der Waals surface area contributed by atoms with Crippen LogP contribution in [0.4, 0.5) is 0 Å². The number of rotatable bonds is 4. The number of aromatic hydroxyl groups is 2. The summed E-state index contributed by atoms with van der Waals surface area (Å²) in [5.41, 5.74) is 0.895. The lowest BCUT2D eigenvalue weighted by atomic mass is 9.92. The van der Waals surface area contributed by atoms with Gasteiger partial charge in [0.05, 0.1) is 0 Å². The van der Waals surface area contributed by atoms with Gasteiger partial charge in [0.1, 0.15) is 11.5 Å². The van der Waals surface area contributed by atoms with Crippen LogP contribution in [0.5, 0.6) is 11.5 Å². The van der Waals surface area contributed by atoms with Crippen molar-refractivity contribution in [1.82, 2.24) is 0 Å². The lowest BCUT2D eigenvalue weighted by Gasteiger charge is -2.16. The summed E-state index contributed by atoms with van der Waals surface area (Å²) < 4.78 is 0. The molecule has 0 aliphatic heterocycles. The first kappa shape index (κ1) is 12.0. The first-order valence-electron chi connectivity index (χ1n) is 5.77. The van der Waals surface area contributed by atoms with E-state index in [0.717, 1.165) is 18.4 Å². The van der Waals surface area contributed by atoms with E-state index in [-0.39, 0.29) is 17.4 Å². The number of thiophene rings is 1. The second-order valence-corrected chi connectivity index (χ2v) is 5.08. The summed E-state index contributed by atoms with van der Waals surface area (Å²) in [6.45, 7) is 2.14. The Morgan fingerprint density at radius 3 is 2.65 bits per heavy atom. The molecule has 0 bridgehead atoms. The topological polar surface area (TPSA) is 40.5 Å². The van der Waals surface area contributed by atoms with Crippen LogP contribution in [0.2, 0.25) is 0 Å². The molecule has 0 saturated heterocycles. The Morgan fingerprint density at radius 2 is 2.06 bits per heavy atom. The smallest absolute Gasteiger partial charge is 0.123 e. The molecule has 1 atom stereocenters. The zero-order valence-electron chi connectivity index (χ0n) is 9.76. The molecule has 0 amide bonds. The second-order valence-electron chi connectivity index (χ2n) is 4.10.